The quantitative estimate of drug-likeness (QED) is 0.632. The third-order valence-corrected chi connectivity index (χ3v) is 2.80. The van der Waals surface area contributed by atoms with Gasteiger partial charge in [0, 0.05) is 10.0 Å². The van der Waals surface area contributed by atoms with Crippen molar-refractivity contribution in [3.05, 3.63) is 33.8 Å². The van der Waals surface area contributed by atoms with E-state index in [-0.39, 0.29) is 11.9 Å². The molecule has 86 valence electrons. The summed E-state index contributed by atoms with van der Waals surface area (Å²) in [5, 5.41) is 0. The van der Waals surface area contributed by atoms with Crippen molar-refractivity contribution in [1.29, 1.82) is 0 Å². The second-order valence-corrected chi connectivity index (χ2v) is 4.47. The topological polar surface area (TPSA) is 43.4 Å². The molecule has 1 aromatic rings. The van der Waals surface area contributed by atoms with Crippen molar-refractivity contribution in [2.75, 3.05) is 0 Å². The van der Waals surface area contributed by atoms with Gasteiger partial charge >= 0.3 is 5.97 Å². The molecule has 0 amide bonds. The van der Waals surface area contributed by atoms with E-state index in [0.717, 1.165) is 0 Å². The lowest BCUT2D eigenvalue weighted by molar-refractivity contribution is 0.0377. The maximum Gasteiger partial charge on any atom is 0.339 e. The third kappa shape index (κ3) is 2.92. The summed E-state index contributed by atoms with van der Waals surface area (Å²) in [6.45, 7) is 5.01. The van der Waals surface area contributed by atoms with Gasteiger partial charge in [0.05, 0.1) is 11.7 Å². The number of ketones is 1. The summed E-state index contributed by atoms with van der Waals surface area (Å²) in [4.78, 5) is 23.0. The van der Waals surface area contributed by atoms with Crippen molar-refractivity contribution in [1.82, 2.24) is 0 Å². The van der Waals surface area contributed by atoms with Gasteiger partial charge in [-0.25, -0.2) is 4.79 Å². The Hall–Kier alpha value is -1.16. The van der Waals surface area contributed by atoms with Crippen LogP contribution in [0.15, 0.2) is 22.7 Å². The Morgan fingerprint density at radius 3 is 2.31 bits per heavy atom. The molecule has 0 N–H and O–H groups in total. The predicted molar refractivity (Wildman–Crippen MR) is 64.7 cm³/mol. The molecule has 0 unspecified atom stereocenters. The maximum absolute atomic E-state index is 11.7. The SMILES string of the molecule is CC(=O)c1cccc(C(=O)OC(C)C)c1Br. The predicted octanol–water partition coefficient (Wildman–Crippen LogP) is 3.22. The molecular formula is C12H13BrO3. The smallest absolute Gasteiger partial charge is 0.339 e. The van der Waals surface area contributed by atoms with Gasteiger partial charge in [-0.1, -0.05) is 12.1 Å². The Morgan fingerprint density at radius 2 is 1.81 bits per heavy atom. The van der Waals surface area contributed by atoms with Crippen LogP contribution in [0.2, 0.25) is 0 Å². The zero-order valence-corrected chi connectivity index (χ0v) is 11.0. The van der Waals surface area contributed by atoms with E-state index in [4.69, 9.17) is 4.74 Å². The van der Waals surface area contributed by atoms with E-state index < -0.39 is 5.97 Å². The van der Waals surface area contributed by atoms with E-state index in [0.29, 0.717) is 15.6 Å². The number of Topliss-reactive ketones (excluding diaryl/α,β-unsaturated/α-hetero) is 1. The Morgan fingerprint density at radius 1 is 1.25 bits per heavy atom. The summed E-state index contributed by atoms with van der Waals surface area (Å²) in [5.41, 5.74) is 0.861. The summed E-state index contributed by atoms with van der Waals surface area (Å²) in [6, 6.07) is 4.96. The number of halogens is 1. The van der Waals surface area contributed by atoms with Crippen LogP contribution in [0, 0.1) is 0 Å². The molecule has 3 nitrogen and oxygen atoms in total. The van der Waals surface area contributed by atoms with Gasteiger partial charge in [-0.3, -0.25) is 4.79 Å². The van der Waals surface area contributed by atoms with Crippen molar-refractivity contribution in [2.24, 2.45) is 0 Å². The van der Waals surface area contributed by atoms with Gasteiger partial charge in [0.1, 0.15) is 0 Å². The molecule has 4 heteroatoms. The van der Waals surface area contributed by atoms with E-state index in [2.05, 4.69) is 15.9 Å². The van der Waals surface area contributed by atoms with Crippen molar-refractivity contribution in [2.45, 2.75) is 26.9 Å². The fourth-order valence-corrected chi connectivity index (χ4v) is 1.94. The molecule has 0 spiro atoms. The van der Waals surface area contributed by atoms with Gasteiger partial charge in [0.2, 0.25) is 0 Å². The van der Waals surface area contributed by atoms with Crippen LogP contribution >= 0.6 is 15.9 Å². The van der Waals surface area contributed by atoms with E-state index in [1.165, 1.54) is 6.92 Å². The first-order chi connectivity index (χ1) is 7.43. The van der Waals surface area contributed by atoms with Crippen LogP contribution in [0.3, 0.4) is 0 Å². The first-order valence-electron chi connectivity index (χ1n) is 4.94. The lowest BCUT2D eigenvalue weighted by Crippen LogP contribution is -2.13. The first-order valence-corrected chi connectivity index (χ1v) is 5.73. The fraction of sp³-hybridized carbons (Fsp3) is 0.333. The lowest BCUT2D eigenvalue weighted by Gasteiger charge is -2.10. The molecule has 0 atom stereocenters. The summed E-state index contributed by atoms with van der Waals surface area (Å²) in [5.74, 6) is -0.518. The summed E-state index contributed by atoms with van der Waals surface area (Å²) in [6.07, 6.45) is -0.180. The van der Waals surface area contributed by atoms with Crippen LogP contribution in [-0.2, 0) is 4.74 Å². The minimum Gasteiger partial charge on any atom is -0.459 e. The molecule has 1 aromatic carbocycles. The Bertz CT molecular complexity index is 424. The molecule has 0 aromatic heterocycles. The summed E-state index contributed by atoms with van der Waals surface area (Å²) < 4.78 is 5.57. The normalized spacial score (nSPS) is 10.3. The highest BCUT2D eigenvalue weighted by Gasteiger charge is 2.16. The standard InChI is InChI=1S/C12H13BrO3/c1-7(2)16-12(15)10-6-4-5-9(8(3)14)11(10)13/h4-7H,1-3H3. The van der Waals surface area contributed by atoms with Gasteiger partial charge < -0.3 is 4.74 Å². The van der Waals surface area contributed by atoms with Crippen molar-refractivity contribution in [3.8, 4) is 0 Å². The third-order valence-electron chi connectivity index (χ3n) is 1.94. The molecular weight excluding hydrogens is 272 g/mol. The van der Waals surface area contributed by atoms with Crippen molar-refractivity contribution >= 4 is 27.7 Å². The summed E-state index contributed by atoms with van der Waals surface area (Å²) in [7, 11) is 0. The minimum atomic E-state index is -0.426. The van der Waals surface area contributed by atoms with Gasteiger partial charge in [-0.2, -0.15) is 0 Å². The highest BCUT2D eigenvalue weighted by atomic mass is 79.9. The fourth-order valence-electron chi connectivity index (χ4n) is 1.24. The molecule has 0 saturated carbocycles. The van der Waals surface area contributed by atoms with Crippen molar-refractivity contribution in [3.63, 3.8) is 0 Å². The number of rotatable bonds is 3. The molecule has 0 aliphatic heterocycles. The van der Waals surface area contributed by atoms with Crippen molar-refractivity contribution < 1.29 is 14.3 Å². The Labute approximate surface area is 103 Å². The molecule has 0 radical (unpaired) electrons. The number of ether oxygens (including phenoxy) is 1. The molecule has 0 saturated heterocycles. The highest BCUT2D eigenvalue weighted by Crippen LogP contribution is 2.23. The number of benzene rings is 1. The second-order valence-electron chi connectivity index (χ2n) is 3.68. The maximum atomic E-state index is 11.7. The van der Waals surface area contributed by atoms with Gasteiger partial charge in [-0.15, -0.1) is 0 Å². The van der Waals surface area contributed by atoms with Gasteiger partial charge in [0.15, 0.2) is 5.78 Å². The average molecular weight is 285 g/mol. The van der Waals surface area contributed by atoms with Crippen LogP contribution in [0.1, 0.15) is 41.5 Å². The summed E-state index contributed by atoms with van der Waals surface area (Å²) >= 11 is 3.25. The van der Waals surface area contributed by atoms with Gasteiger partial charge in [0.25, 0.3) is 0 Å². The van der Waals surface area contributed by atoms with Crippen LogP contribution in [0.25, 0.3) is 0 Å². The Balaban J connectivity index is 3.10. The monoisotopic (exact) mass is 284 g/mol. The van der Waals surface area contributed by atoms with E-state index >= 15 is 0 Å². The average Bonchev–Trinajstić information content (AvgIpc) is 2.16. The van der Waals surface area contributed by atoms with Crippen LogP contribution < -0.4 is 0 Å². The zero-order valence-electron chi connectivity index (χ0n) is 9.41. The minimum absolute atomic E-state index is 0.0916. The molecule has 0 fully saturated rings. The van der Waals surface area contributed by atoms with E-state index in [1.54, 1.807) is 32.0 Å². The second kappa shape index (κ2) is 5.25. The first kappa shape index (κ1) is 12.9. The molecule has 0 aliphatic carbocycles. The van der Waals surface area contributed by atoms with Crippen LogP contribution in [-0.4, -0.2) is 17.9 Å². The van der Waals surface area contributed by atoms with E-state index in [1.807, 2.05) is 0 Å². The molecule has 0 bridgehead atoms. The number of esters is 1. The lowest BCUT2D eigenvalue weighted by atomic mass is 10.1. The van der Waals surface area contributed by atoms with E-state index in [9.17, 15) is 9.59 Å². The number of hydrogen-bond donors (Lipinski definition) is 0. The molecule has 16 heavy (non-hydrogen) atoms. The van der Waals surface area contributed by atoms with Crippen LogP contribution in [0.5, 0.6) is 0 Å². The largest absolute Gasteiger partial charge is 0.459 e. The number of carbonyl (C=O) groups excluding carboxylic acids is 2. The zero-order chi connectivity index (χ0) is 12.3. The highest BCUT2D eigenvalue weighted by molar-refractivity contribution is 9.10. The van der Waals surface area contributed by atoms with Crippen LogP contribution in [0.4, 0.5) is 0 Å². The Kier molecular flexibility index (Phi) is 4.24. The number of carbonyl (C=O) groups is 2. The molecule has 0 aliphatic rings. The number of hydrogen-bond acceptors (Lipinski definition) is 3. The molecule has 0 heterocycles. The molecule has 1 rings (SSSR count). The van der Waals surface area contributed by atoms with Gasteiger partial charge in [-0.05, 0) is 42.8 Å².